The van der Waals surface area contributed by atoms with E-state index in [1.807, 2.05) is 0 Å². The molecule has 0 aromatic heterocycles. The van der Waals surface area contributed by atoms with E-state index in [2.05, 4.69) is 17.0 Å². The molecule has 1 heterocycles. The van der Waals surface area contributed by atoms with Gasteiger partial charge < -0.3 is 5.73 Å². The van der Waals surface area contributed by atoms with Crippen molar-refractivity contribution in [1.82, 2.24) is 4.90 Å². The van der Waals surface area contributed by atoms with Crippen molar-refractivity contribution < 1.29 is 4.79 Å². The molecule has 0 aliphatic carbocycles. The summed E-state index contributed by atoms with van der Waals surface area (Å²) in [7, 11) is 1.57. The number of hydrogen-bond donors (Lipinski definition) is 1. The van der Waals surface area contributed by atoms with E-state index in [1.54, 1.807) is 7.05 Å². The predicted octanol–water partition coefficient (Wildman–Crippen LogP) is -0.876. The van der Waals surface area contributed by atoms with Crippen LogP contribution >= 0.6 is 0 Å². The van der Waals surface area contributed by atoms with Gasteiger partial charge in [0.15, 0.2) is 0 Å². The van der Waals surface area contributed by atoms with E-state index in [1.165, 1.54) is 4.90 Å². The molecule has 0 atom stereocenters. The van der Waals surface area contributed by atoms with E-state index < -0.39 is 0 Å². The van der Waals surface area contributed by atoms with Gasteiger partial charge in [-0.1, -0.05) is 5.92 Å². The second-order valence-electron chi connectivity index (χ2n) is 1.89. The monoisotopic (exact) mass is 137 g/mol. The standard InChI is InChI=1S/C6H7N3O/c1-9-5(10)3-2-4-8-6(9)7/h3H2,1H3,(H2,7,8). The van der Waals surface area contributed by atoms with Crippen LogP contribution < -0.4 is 5.73 Å². The number of nitrogens with zero attached hydrogens (tertiary/aromatic N) is 2. The molecule has 0 unspecified atom stereocenters. The van der Waals surface area contributed by atoms with Crippen LogP contribution in [0.2, 0.25) is 0 Å². The van der Waals surface area contributed by atoms with E-state index in [4.69, 9.17) is 5.73 Å². The summed E-state index contributed by atoms with van der Waals surface area (Å²) < 4.78 is 0. The lowest BCUT2D eigenvalue weighted by atomic mass is 10.4. The summed E-state index contributed by atoms with van der Waals surface area (Å²) >= 11 is 0. The summed E-state index contributed by atoms with van der Waals surface area (Å²) in [6, 6.07) is 2.41. The van der Waals surface area contributed by atoms with Crippen LogP contribution in [0.1, 0.15) is 6.42 Å². The SMILES string of the molecule is CN1C(=O)CC#CN=C1N. The number of nitrogens with two attached hydrogens (primary N) is 1. The second-order valence-corrected chi connectivity index (χ2v) is 1.89. The third-order valence-corrected chi connectivity index (χ3v) is 1.21. The van der Waals surface area contributed by atoms with E-state index >= 15 is 0 Å². The molecular weight excluding hydrogens is 130 g/mol. The number of aliphatic imine (C=N–C) groups is 1. The molecule has 4 nitrogen and oxygen atoms in total. The van der Waals surface area contributed by atoms with Gasteiger partial charge in [-0.25, -0.2) is 0 Å². The molecule has 0 saturated carbocycles. The molecule has 0 spiro atoms. The highest BCUT2D eigenvalue weighted by molar-refractivity contribution is 5.97. The first kappa shape index (κ1) is 6.62. The molecule has 1 aliphatic heterocycles. The Balaban J connectivity index is 2.89. The fourth-order valence-corrected chi connectivity index (χ4v) is 0.533. The van der Waals surface area contributed by atoms with Gasteiger partial charge in [0.2, 0.25) is 11.9 Å². The van der Waals surface area contributed by atoms with Crippen LogP contribution in [-0.2, 0) is 4.79 Å². The van der Waals surface area contributed by atoms with Gasteiger partial charge in [0.05, 0.1) is 6.42 Å². The normalized spacial score (nSPS) is 17.1. The maximum absolute atomic E-state index is 10.9. The van der Waals surface area contributed by atoms with Crippen LogP contribution in [-0.4, -0.2) is 23.8 Å². The van der Waals surface area contributed by atoms with Crippen LogP contribution in [0.25, 0.3) is 0 Å². The zero-order valence-electron chi connectivity index (χ0n) is 5.59. The number of carbonyl (C=O) groups is 1. The first-order chi connectivity index (χ1) is 4.72. The third kappa shape index (κ3) is 1.08. The van der Waals surface area contributed by atoms with Gasteiger partial charge in [0, 0.05) is 13.1 Å². The zero-order chi connectivity index (χ0) is 7.56. The molecule has 2 N–H and O–H groups in total. The fourth-order valence-electron chi connectivity index (χ4n) is 0.533. The highest BCUT2D eigenvalue weighted by Gasteiger charge is 2.11. The minimum absolute atomic E-state index is 0.119. The van der Waals surface area contributed by atoms with E-state index in [-0.39, 0.29) is 18.3 Å². The van der Waals surface area contributed by atoms with Gasteiger partial charge in [-0.3, -0.25) is 9.69 Å². The van der Waals surface area contributed by atoms with Crippen LogP contribution in [0.15, 0.2) is 4.99 Å². The van der Waals surface area contributed by atoms with Gasteiger partial charge in [0.1, 0.15) is 0 Å². The average molecular weight is 137 g/mol. The van der Waals surface area contributed by atoms with Crippen LogP contribution in [0, 0.1) is 12.0 Å². The molecule has 52 valence electrons. The van der Waals surface area contributed by atoms with Crippen molar-refractivity contribution in [3.8, 4) is 12.0 Å². The molecule has 10 heavy (non-hydrogen) atoms. The fraction of sp³-hybridized carbons (Fsp3) is 0.333. The number of carbonyl (C=O) groups excluding carboxylic acids is 1. The minimum Gasteiger partial charge on any atom is -0.369 e. The van der Waals surface area contributed by atoms with E-state index in [0.717, 1.165) is 0 Å². The molecule has 0 radical (unpaired) electrons. The molecule has 1 rings (SSSR count). The van der Waals surface area contributed by atoms with Gasteiger partial charge >= 0.3 is 0 Å². The Bertz CT molecular complexity index is 245. The Morgan fingerprint density at radius 1 is 1.80 bits per heavy atom. The third-order valence-electron chi connectivity index (χ3n) is 1.21. The molecule has 0 saturated heterocycles. The van der Waals surface area contributed by atoms with E-state index in [9.17, 15) is 4.79 Å². The number of hydrogen-bond acceptors (Lipinski definition) is 3. The summed E-state index contributed by atoms with van der Waals surface area (Å²) in [5, 5.41) is 0. The average Bonchev–Trinajstić information content (AvgIpc) is 2.04. The second kappa shape index (κ2) is 2.40. The number of rotatable bonds is 0. The van der Waals surface area contributed by atoms with Crippen LogP contribution in [0.5, 0.6) is 0 Å². The lowest BCUT2D eigenvalue weighted by Gasteiger charge is -2.11. The largest absolute Gasteiger partial charge is 0.369 e. The zero-order valence-corrected chi connectivity index (χ0v) is 5.59. The van der Waals surface area contributed by atoms with Gasteiger partial charge in [0.25, 0.3) is 0 Å². The smallest absolute Gasteiger partial charge is 0.241 e. The highest BCUT2D eigenvalue weighted by atomic mass is 16.2. The summed E-state index contributed by atoms with van der Waals surface area (Å²) in [6.45, 7) is 0. The molecule has 1 aliphatic rings. The molecule has 1 amide bonds. The Kier molecular flexibility index (Phi) is 1.59. The molecule has 0 bridgehead atoms. The van der Waals surface area contributed by atoms with Crippen molar-refractivity contribution in [3.63, 3.8) is 0 Å². The van der Waals surface area contributed by atoms with Crippen molar-refractivity contribution in [3.05, 3.63) is 0 Å². The van der Waals surface area contributed by atoms with Gasteiger partial charge in [-0.05, 0) is 0 Å². The Morgan fingerprint density at radius 2 is 2.50 bits per heavy atom. The Labute approximate surface area is 58.7 Å². The van der Waals surface area contributed by atoms with Gasteiger partial charge in [-0.15, -0.1) is 0 Å². The first-order valence-corrected chi connectivity index (χ1v) is 2.79. The molecule has 4 heteroatoms. The van der Waals surface area contributed by atoms with Crippen molar-refractivity contribution in [2.45, 2.75) is 6.42 Å². The number of guanidine groups is 1. The van der Waals surface area contributed by atoms with Crippen molar-refractivity contribution in [1.29, 1.82) is 0 Å². The minimum atomic E-state index is -0.119. The molecule has 0 fully saturated rings. The summed E-state index contributed by atoms with van der Waals surface area (Å²) in [4.78, 5) is 15.8. The Hall–Kier alpha value is -1.50. The summed E-state index contributed by atoms with van der Waals surface area (Å²) in [5.41, 5.74) is 5.32. The van der Waals surface area contributed by atoms with Gasteiger partial charge in [-0.2, -0.15) is 4.99 Å². The molecule has 0 aromatic rings. The number of amides is 1. The van der Waals surface area contributed by atoms with Crippen LogP contribution in [0.3, 0.4) is 0 Å². The van der Waals surface area contributed by atoms with Crippen molar-refractivity contribution in [2.24, 2.45) is 10.7 Å². The first-order valence-electron chi connectivity index (χ1n) is 2.79. The lowest BCUT2D eigenvalue weighted by Crippen LogP contribution is -2.37. The summed E-state index contributed by atoms with van der Waals surface area (Å²) in [5.74, 6) is 2.59. The van der Waals surface area contributed by atoms with Crippen molar-refractivity contribution in [2.75, 3.05) is 7.05 Å². The summed E-state index contributed by atoms with van der Waals surface area (Å²) in [6.07, 6.45) is 0.195. The predicted molar refractivity (Wildman–Crippen MR) is 36.8 cm³/mol. The molecule has 0 aromatic carbocycles. The molecular formula is C6H7N3O. The maximum Gasteiger partial charge on any atom is 0.241 e. The topological polar surface area (TPSA) is 58.7 Å². The Morgan fingerprint density at radius 3 is 3.20 bits per heavy atom. The maximum atomic E-state index is 10.9. The van der Waals surface area contributed by atoms with E-state index in [0.29, 0.717) is 0 Å². The quantitative estimate of drug-likeness (QED) is 0.441. The van der Waals surface area contributed by atoms with Crippen molar-refractivity contribution >= 4 is 11.9 Å². The highest BCUT2D eigenvalue weighted by Crippen LogP contribution is 1.92. The lowest BCUT2D eigenvalue weighted by molar-refractivity contribution is -0.125. The van der Waals surface area contributed by atoms with Crippen LogP contribution in [0.4, 0.5) is 0 Å².